The topological polar surface area (TPSA) is 53.1 Å². The van der Waals surface area contributed by atoms with E-state index in [-0.39, 0.29) is 0 Å². The molecule has 0 amide bonds. The minimum absolute atomic E-state index is 0.599. The zero-order valence-electron chi connectivity index (χ0n) is 11.4. The first-order valence-corrected chi connectivity index (χ1v) is 6.94. The van der Waals surface area contributed by atoms with Crippen LogP contribution in [0.25, 0.3) is 11.3 Å². The van der Waals surface area contributed by atoms with Gasteiger partial charge in [0.2, 0.25) is 0 Å². The average Bonchev–Trinajstić information content (AvgIpc) is 2.67. The Hall–Kier alpha value is -1.33. The Morgan fingerprint density at radius 3 is 2.79 bits per heavy atom. The van der Waals surface area contributed by atoms with Gasteiger partial charge in [-0.05, 0) is 31.7 Å². The van der Waals surface area contributed by atoms with Gasteiger partial charge in [-0.25, -0.2) is 4.98 Å². The first-order chi connectivity index (χ1) is 9.08. The third-order valence-corrected chi connectivity index (χ3v) is 3.73. The number of ether oxygens (including phenoxy) is 1. The van der Waals surface area contributed by atoms with Gasteiger partial charge in [-0.2, -0.15) is 0 Å². The van der Waals surface area contributed by atoms with Gasteiger partial charge >= 0.3 is 0 Å². The Bertz CT molecular complexity index is 593. The number of nitrogens with two attached hydrogens (primary N) is 1. The van der Waals surface area contributed by atoms with Crippen LogP contribution in [-0.2, 0) is 13.5 Å². The van der Waals surface area contributed by atoms with E-state index in [1.165, 1.54) is 0 Å². The highest BCUT2D eigenvalue weighted by Crippen LogP contribution is 2.34. The zero-order valence-corrected chi connectivity index (χ0v) is 13.0. The molecule has 1 aromatic carbocycles. The van der Waals surface area contributed by atoms with Crippen molar-refractivity contribution in [3.63, 3.8) is 0 Å². The summed E-state index contributed by atoms with van der Waals surface area (Å²) >= 11 is 3.50. The maximum absolute atomic E-state index is 5.70. The third-order valence-electron chi connectivity index (χ3n) is 3.24. The van der Waals surface area contributed by atoms with Gasteiger partial charge < -0.3 is 15.0 Å². The smallest absolute Gasteiger partial charge is 0.128 e. The molecule has 102 valence electrons. The summed E-state index contributed by atoms with van der Waals surface area (Å²) in [6.07, 6.45) is 0.794. The highest BCUT2D eigenvalue weighted by atomic mass is 79.9. The van der Waals surface area contributed by atoms with Crippen molar-refractivity contribution in [3.8, 4) is 17.0 Å². The quantitative estimate of drug-likeness (QED) is 0.941. The van der Waals surface area contributed by atoms with Crippen molar-refractivity contribution in [2.45, 2.75) is 13.3 Å². The highest BCUT2D eigenvalue weighted by molar-refractivity contribution is 9.10. The second-order valence-electron chi connectivity index (χ2n) is 4.40. The number of rotatable bonds is 4. The van der Waals surface area contributed by atoms with Crippen LogP contribution in [0.1, 0.15) is 11.5 Å². The lowest BCUT2D eigenvalue weighted by molar-refractivity contribution is 0.416. The monoisotopic (exact) mass is 323 g/mol. The molecule has 0 aliphatic heterocycles. The van der Waals surface area contributed by atoms with E-state index in [9.17, 15) is 0 Å². The Labute approximate surface area is 121 Å². The summed E-state index contributed by atoms with van der Waals surface area (Å²) < 4.78 is 8.53. The van der Waals surface area contributed by atoms with Crippen LogP contribution in [0.5, 0.6) is 5.75 Å². The number of halogens is 1. The molecule has 0 radical (unpaired) electrons. The highest BCUT2D eigenvalue weighted by Gasteiger charge is 2.17. The number of hydrogen-bond acceptors (Lipinski definition) is 3. The number of methoxy groups -OCH3 is 1. The molecule has 0 unspecified atom stereocenters. The molecule has 0 atom stereocenters. The van der Waals surface area contributed by atoms with E-state index in [0.29, 0.717) is 6.54 Å². The van der Waals surface area contributed by atoms with Crippen molar-refractivity contribution in [1.82, 2.24) is 9.55 Å². The molecular weight excluding hydrogens is 306 g/mol. The summed E-state index contributed by atoms with van der Waals surface area (Å²) in [5.41, 5.74) is 8.78. The van der Waals surface area contributed by atoms with E-state index < -0.39 is 0 Å². The Morgan fingerprint density at radius 2 is 2.16 bits per heavy atom. The fourth-order valence-electron chi connectivity index (χ4n) is 2.16. The van der Waals surface area contributed by atoms with Gasteiger partial charge in [-0.15, -0.1) is 0 Å². The van der Waals surface area contributed by atoms with Crippen LogP contribution in [0.2, 0.25) is 0 Å². The summed E-state index contributed by atoms with van der Waals surface area (Å²) in [6.45, 7) is 2.59. The minimum Gasteiger partial charge on any atom is -0.496 e. The minimum atomic E-state index is 0.599. The molecule has 0 saturated heterocycles. The first kappa shape index (κ1) is 14.1. The molecule has 1 heterocycles. The van der Waals surface area contributed by atoms with Crippen molar-refractivity contribution in [1.29, 1.82) is 0 Å². The SMILES string of the molecule is COc1ccc(Br)cc1-c1nc(C)n(C)c1CCN. The zero-order chi connectivity index (χ0) is 14.0. The van der Waals surface area contributed by atoms with Gasteiger partial charge in [0.1, 0.15) is 11.6 Å². The van der Waals surface area contributed by atoms with Crippen LogP contribution in [-0.4, -0.2) is 23.2 Å². The molecule has 2 rings (SSSR count). The molecular formula is C14H18BrN3O. The van der Waals surface area contributed by atoms with Crippen molar-refractivity contribution in [2.24, 2.45) is 12.8 Å². The van der Waals surface area contributed by atoms with E-state index >= 15 is 0 Å². The lowest BCUT2D eigenvalue weighted by atomic mass is 10.1. The van der Waals surface area contributed by atoms with Crippen LogP contribution in [0.15, 0.2) is 22.7 Å². The van der Waals surface area contributed by atoms with Crippen LogP contribution in [0.3, 0.4) is 0 Å². The Balaban J connectivity index is 2.64. The number of aromatic nitrogens is 2. The van der Waals surface area contributed by atoms with E-state index in [1.54, 1.807) is 7.11 Å². The van der Waals surface area contributed by atoms with E-state index in [0.717, 1.165) is 39.4 Å². The van der Waals surface area contributed by atoms with Gasteiger partial charge in [-0.1, -0.05) is 15.9 Å². The van der Waals surface area contributed by atoms with Gasteiger partial charge in [-0.3, -0.25) is 0 Å². The predicted molar refractivity (Wildman–Crippen MR) is 80.4 cm³/mol. The van der Waals surface area contributed by atoms with Crippen molar-refractivity contribution >= 4 is 15.9 Å². The van der Waals surface area contributed by atoms with Crippen molar-refractivity contribution in [3.05, 3.63) is 34.2 Å². The second kappa shape index (κ2) is 5.75. The average molecular weight is 324 g/mol. The molecule has 19 heavy (non-hydrogen) atoms. The molecule has 5 heteroatoms. The van der Waals surface area contributed by atoms with Crippen molar-refractivity contribution in [2.75, 3.05) is 13.7 Å². The molecule has 0 fully saturated rings. The lowest BCUT2D eigenvalue weighted by Gasteiger charge is -2.10. The van der Waals surface area contributed by atoms with E-state index in [4.69, 9.17) is 10.5 Å². The number of aryl methyl sites for hydroxylation is 1. The lowest BCUT2D eigenvalue weighted by Crippen LogP contribution is -2.08. The van der Waals surface area contributed by atoms with E-state index in [2.05, 4.69) is 25.5 Å². The number of imidazole rings is 1. The summed E-state index contributed by atoms with van der Waals surface area (Å²) in [6, 6.07) is 5.93. The van der Waals surface area contributed by atoms with Gasteiger partial charge in [0.15, 0.2) is 0 Å². The predicted octanol–water partition coefficient (Wildman–Crippen LogP) is 2.67. The normalized spacial score (nSPS) is 10.8. The molecule has 2 aromatic rings. The number of nitrogens with zero attached hydrogens (tertiary/aromatic N) is 2. The standard InChI is InChI=1S/C14H18BrN3O/c1-9-17-14(12(6-7-16)18(9)2)11-8-10(15)4-5-13(11)19-3/h4-5,8H,6-7,16H2,1-3H3. The second-order valence-corrected chi connectivity index (χ2v) is 5.31. The summed E-state index contributed by atoms with van der Waals surface area (Å²) in [4.78, 5) is 4.66. The fraction of sp³-hybridized carbons (Fsp3) is 0.357. The molecule has 4 nitrogen and oxygen atoms in total. The van der Waals surface area contributed by atoms with Crippen LogP contribution < -0.4 is 10.5 Å². The molecule has 2 N–H and O–H groups in total. The molecule has 0 bridgehead atoms. The third kappa shape index (κ3) is 2.67. The number of hydrogen-bond donors (Lipinski definition) is 1. The molecule has 0 aliphatic carbocycles. The van der Waals surface area contributed by atoms with Gasteiger partial charge in [0.05, 0.1) is 12.8 Å². The fourth-order valence-corrected chi connectivity index (χ4v) is 2.52. The first-order valence-electron chi connectivity index (χ1n) is 6.14. The van der Waals surface area contributed by atoms with Crippen LogP contribution in [0.4, 0.5) is 0 Å². The number of benzene rings is 1. The molecule has 0 spiro atoms. The molecule has 0 aliphatic rings. The van der Waals surface area contributed by atoms with Gasteiger partial charge in [0, 0.05) is 29.2 Å². The summed E-state index contributed by atoms with van der Waals surface area (Å²) in [5, 5.41) is 0. The van der Waals surface area contributed by atoms with Crippen LogP contribution >= 0.6 is 15.9 Å². The van der Waals surface area contributed by atoms with Gasteiger partial charge in [0.25, 0.3) is 0 Å². The Morgan fingerprint density at radius 1 is 1.42 bits per heavy atom. The molecule has 1 aromatic heterocycles. The maximum atomic E-state index is 5.70. The Kier molecular flexibility index (Phi) is 4.27. The summed E-state index contributed by atoms with van der Waals surface area (Å²) in [7, 11) is 3.69. The summed E-state index contributed by atoms with van der Waals surface area (Å²) in [5.74, 6) is 1.79. The van der Waals surface area contributed by atoms with E-state index in [1.807, 2.05) is 32.2 Å². The molecule has 0 saturated carbocycles. The largest absolute Gasteiger partial charge is 0.496 e. The van der Waals surface area contributed by atoms with Crippen LogP contribution in [0, 0.1) is 6.92 Å². The van der Waals surface area contributed by atoms with Crippen molar-refractivity contribution < 1.29 is 4.74 Å². The maximum Gasteiger partial charge on any atom is 0.128 e.